The van der Waals surface area contributed by atoms with Gasteiger partial charge in [0.1, 0.15) is 0 Å². The third-order valence-electron chi connectivity index (χ3n) is 12.0. The summed E-state index contributed by atoms with van der Waals surface area (Å²) in [7, 11) is 4.40. The number of nitrogens with zero attached hydrogens (tertiary/aromatic N) is 2. The van der Waals surface area contributed by atoms with Crippen LogP contribution in [0.1, 0.15) is 85.5 Å². The van der Waals surface area contributed by atoms with E-state index in [0.29, 0.717) is 29.8 Å². The van der Waals surface area contributed by atoms with Crippen molar-refractivity contribution in [2.75, 3.05) is 33.7 Å². The standard InChI is InChI=1S/C32H50N2O2/c1-20-15-29-30(34(19-20)14-13-33(5)6)22(3)32(36-29)12-10-25-26-8-7-23-16-24(35)9-11-31(23,4)28(26)17-27(25)21(2)18-32/h16,20,22,25-26,28-30H,7-15,17-19H2,1-6H3/t20-,22+,25-,26-,28-,29?,30-,31-,32-/m0/s1. The van der Waals surface area contributed by atoms with Gasteiger partial charge in [0.15, 0.2) is 5.78 Å². The summed E-state index contributed by atoms with van der Waals surface area (Å²) < 4.78 is 7.25. The lowest BCUT2D eigenvalue weighted by Crippen LogP contribution is -2.53. The summed E-state index contributed by atoms with van der Waals surface area (Å²) in [5.41, 5.74) is 5.21. The number of likely N-dealkylation sites (tertiary alicyclic amines) is 1. The first-order valence-corrected chi connectivity index (χ1v) is 15.1. The molecule has 2 heterocycles. The average Bonchev–Trinajstić information content (AvgIpc) is 3.28. The Bertz CT molecular complexity index is 967. The molecule has 9 atom stereocenters. The molecule has 6 aliphatic rings. The van der Waals surface area contributed by atoms with Crippen molar-refractivity contribution in [3.8, 4) is 0 Å². The molecule has 0 amide bonds. The van der Waals surface area contributed by atoms with Gasteiger partial charge < -0.3 is 9.64 Å². The van der Waals surface area contributed by atoms with Gasteiger partial charge in [0, 0.05) is 38.0 Å². The van der Waals surface area contributed by atoms with Crippen molar-refractivity contribution < 1.29 is 9.53 Å². The lowest BCUT2D eigenvalue weighted by atomic mass is 9.56. The van der Waals surface area contributed by atoms with Gasteiger partial charge in [-0.25, -0.2) is 0 Å². The van der Waals surface area contributed by atoms with E-state index in [4.69, 9.17) is 4.74 Å². The highest BCUT2D eigenvalue weighted by Gasteiger charge is 2.59. The molecule has 6 rings (SSSR count). The van der Waals surface area contributed by atoms with E-state index in [0.717, 1.165) is 56.5 Å². The van der Waals surface area contributed by atoms with E-state index < -0.39 is 0 Å². The first-order valence-electron chi connectivity index (χ1n) is 15.1. The van der Waals surface area contributed by atoms with Gasteiger partial charge in [-0.15, -0.1) is 0 Å². The molecule has 4 heteroatoms. The van der Waals surface area contributed by atoms with Gasteiger partial charge in [0.2, 0.25) is 0 Å². The molecule has 1 unspecified atom stereocenters. The van der Waals surface area contributed by atoms with Gasteiger partial charge >= 0.3 is 0 Å². The fourth-order valence-electron chi connectivity index (χ4n) is 10.1. The minimum absolute atomic E-state index is 0.0214. The molecule has 2 aliphatic heterocycles. The first kappa shape index (κ1) is 25.3. The summed E-state index contributed by atoms with van der Waals surface area (Å²) in [5, 5.41) is 0. The Morgan fingerprint density at radius 3 is 2.75 bits per heavy atom. The van der Waals surface area contributed by atoms with E-state index in [1.807, 2.05) is 6.08 Å². The average molecular weight is 495 g/mol. The number of allylic oxidation sites excluding steroid dienone is 3. The smallest absolute Gasteiger partial charge is 0.155 e. The second-order valence-electron chi connectivity index (χ2n) is 14.3. The fraction of sp³-hybridized carbons (Fsp3) is 0.844. The van der Waals surface area contributed by atoms with Crippen LogP contribution in [0.25, 0.3) is 0 Å². The molecule has 4 nitrogen and oxygen atoms in total. The van der Waals surface area contributed by atoms with Gasteiger partial charge in [-0.05, 0) is 108 Å². The predicted octanol–water partition coefficient (Wildman–Crippen LogP) is 5.87. The number of carbonyl (C=O) groups is 1. The molecule has 4 fully saturated rings. The Balaban J connectivity index is 1.26. The molecule has 36 heavy (non-hydrogen) atoms. The second-order valence-corrected chi connectivity index (χ2v) is 14.3. The van der Waals surface area contributed by atoms with E-state index in [-0.39, 0.29) is 11.0 Å². The fourth-order valence-corrected chi connectivity index (χ4v) is 10.1. The molecule has 0 aromatic heterocycles. The Morgan fingerprint density at radius 1 is 1.17 bits per heavy atom. The molecule has 200 valence electrons. The number of ketones is 1. The lowest BCUT2D eigenvalue weighted by molar-refractivity contribution is -0.116. The van der Waals surface area contributed by atoms with Crippen LogP contribution in [0.4, 0.5) is 0 Å². The highest BCUT2D eigenvalue weighted by Crippen LogP contribution is 2.64. The van der Waals surface area contributed by atoms with Crippen LogP contribution in [0, 0.1) is 35.0 Å². The topological polar surface area (TPSA) is 32.8 Å². The van der Waals surface area contributed by atoms with E-state index in [1.165, 1.54) is 44.2 Å². The Morgan fingerprint density at radius 2 is 1.97 bits per heavy atom. The Kier molecular flexibility index (Phi) is 6.37. The van der Waals surface area contributed by atoms with Crippen LogP contribution in [0.5, 0.6) is 0 Å². The van der Waals surface area contributed by atoms with Gasteiger partial charge in [-0.1, -0.05) is 37.5 Å². The van der Waals surface area contributed by atoms with Gasteiger partial charge in [-0.3, -0.25) is 9.69 Å². The van der Waals surface area contributed by atoms with Crippen molar-refractivity contribution in [2.24, 2.45) is 35.0 Å². The van der Waals surface area contributed by atoms with Gasteiger partial charge in [0.05, 0.1) is 11.7 Å². The van der Waals surface area contributed by atoms with E-state index >= 15 is 0 Å². The summed E-state index contributed by atoms with van der Waals surface area (Å²) in [4.78, 5) is 17.3. The van der Waals surface area contributed by atoms with E-state index in [1.54, 1.807) is 11.1 Å². The number of hydrogen-bond donors (Lipinski definition) is 0. The minimum atomic E-state index is 0.0214. The molecule has 0 radical (unpaired) electrons. The summed E-state index contributed by atoms with van der Waals surface area (Å²) in [6.07, 6.45) is 12.9. The SMILES string of the molecule is CC1=C2C[C@H]3[C@@H](CCC4=CC(=O)CC[C@@]43C)[C@@H]2CC[C@@]2(C1)OC1C[C@H](C)CN(CCN(C)C)[C@H]1[C@H]2C. The third kappa shape index (κ3) is 3.92. The maximum atomic E-state index is 12.2. The third-order valence-corrected chi connectivity index (χ3v) is 12.0. The van der Waals surface area contributed by atoms with Crippen LogP contribution in [0.3, 0.4) is 0 Å². The lowest BCUT2D eigenvalue weighted by Gasteiger charge is -2.48. The number of rotatable bonds is 3. The number of carbonyl (C=O) groups excluding carboxylic acids is 1. The highest BCUT2D eigenvalue weighted by atomic mass is 16.5. The Labute approximate surface area is 219 Å². The number of hydrogen-bond acceptors (Lipinski definition) is 4. The number of likely N-dealkylation sites (N-methyl/N-ethyl adjacent to an activating group) is 1. The monoisotopic (exact) mass is 494 g/mol. The van der Waals surface area contributed by atoms with Gasteiger partial charge in [-0.2, -0.15) is 0 Å². The van der Waals surface area contributed by atoms with Crippen molar-refractivity contribution >= 4 is 5.78 Å². The van der Waals surface area contributed by atoms with Crippen molar-refractivity contribution in [3.05, 3.63) is 22.8 Å². The number of piperidine rings is 1. The maximum Gasteiger partial charge on any atom is 0.155 e. The zero-order valence-electron chi connectivity index (χ0n) is 23.8. The van der Waals surface area contributed by atoms with Crippen molar-refractivity contribution in [3.63, 3.8) is 0 Å². The molecular weight excluding hydrogens is 444 g/mol. The molecule has 2 saturated carbocycles. The molecule has 0 aromatic carbocycles. The normalized spacial score (nSPS) is 46.9. The zero-order valence-corrected chi connectivity index (χ0v) is 23.8. The molecule has 0 bridgehead atoms. The van der Waals surface area contributed by atoms with Crippen molar-refractivity contribution in [1.82, 2.24) is 9.80 Å². The Hall–Kier alpha value is -0.970. The molecule has 0 N–H and O–H groups in total. The second kappa shape index (κ2) is 9.06. The van der Waals surface area contributed by atoms with E-state index in [2.05, 4.69) is 51.6 Å². The minimum Gasteiger partial charge on any atom is -0.369 e. The predicted molar refractivity (Wildman–Crippen MR) is 146 cm³/mol. The zero-order chi connectivity index (χ0) is 25.4. The summed E-state index contributed by atoms with van der Waals surface area (Å²) >= 11 is 0. The highest BCUT2D eigenvalue weighted by molar-refractivity contribution is 5.91. The summed E-state index contributed by atoms with van der Waals surface area (Å²) in [6, 6.07) is 0.575. The molecule has 1 spiro atoms. The molecule has 4 aliphatic carbocycles. The van der Waals surface area contributed by atoms with Crippen LogP contribution < -0.4 is 0 Å². The van der Waals surface area contributed by atoms with Crippen LogP contribution in [0.2, 0.25) is 0 Å². The van der Waals surface area contributed by atoms with Crippen LogP contribution in [0.15, 0.2) is 22.8 Å². The summed E-state index contributed by atoms with van der Waals surface area (Å²) in [5.74, 6) is 3.96. The maximum absolute atomic E-state index is 12.2. The summed E-state index contributed by atoms with van der Waals surface area (Å²) in [6.45, 7) is 13.4. The van der Waals surface area contributed by atoms with Crippen LogP contribution >= 0.6 is 0 Å². The van der Waals surface area contributed by atoms with E-state index in [9.17, 15) is 4.79 Å². The van der Waals surface area contributed by atoms with Crippen LogP contribution in [-0.4, -0.2) is 67.1 Å². The van der Waals surface area contributed by atoms with Crippen molar-refractivity contribution in [2.45, 2.75) is 103 Å². The number of ether oxygens (including phenoxy) is 1. The molecular formula is C32H50N2O2. The van der Waals surface area contributed by atoms with Gasteiger partial charge in [0.25, 0.3) is 0 Å². The first-order chi connectivity index (χ1) is 17.1. The van der Waals surface area contributed by atoms with Crippen molar-refractivity contribution in [1.29, 1.82) is 0 Å². The van der Waals surface area contributed by atoms with Crippen LogP contribution in [-0.2, 0) is 9.53 Å². The number of fused-ring (bicyclic) bond motifs is 6. The molecule has 2 saturated heterocycles. The molecule has 0 aromatic rings. The quantitative estimate of drug-likeness (QED) is 0.459. The largest absolute Gasteiger partial charge is 0.369 e.